The lowest BCUT2D eigenvalue weighted by Gasteiger charge is -1.95. The third kappa shape index (κ3) is 1.58. The van der Waals surface area contributed by atoms with Crippen LogP contribution in [0.1, 0.15) is 12.8 Å². The van der Waals surface area contributed by atoms with Gasteiger partial charge in [0.05, 0.1) is 0 Å². The topological polar surface area (TPSA) is 55.1 Å². The number of carbonyl (C=O) groups excluding carboxylic acids is 1. The Kier molecular flexibility index (Phi) is 1.74. The standard InChI is InChI=1S/C11H10N2O2/c14-10(7-5-6-7)13-11-12-8-3-1-2-4-9(8)15-11/h1-4,7H,5-6H2,(H,12,13,14). The van der Waals surface area contributed by atoms with Crippen LogP contribution in [0.3, 0.4) is 0 Å². The highest BCUT2D eigenvalue weighted by molar-refractivity contribution is 5.93. The first-order valence-electron chi connectivity index (χ1n) is 4.99. The van der Waals surface area contributed by atoms with Crippen LogP contribution in [0, 0.1) is 5.92 Å². The zero-order valence-corrected chi connectivity index (χ0v) is 8.06. The van der Waals surface area contributed by atoms with Crippen LogP contribution in [0.15, 0.2) is 28.7 Å². The summed E-state index contributed by atoms with van der Waals surface area (Å²) in [5.74, 6) is 0.182. The molecule has 1 saturated carbocycles. The predicted molar refractivity (Wildman–Crippen MR) is 55.4 cm³/mol. The zero-order chi connectivity index (χ0) is 10.3. The van der Waals surface area contributed by atoms with Crippen LogP contribution in [0.4, 0.5) is 6.01 Å². The van der Waals surface area contributed by atoms with Gasteiger partial charge in [-0.15, -0.1) is 0 Å². The summed E-state index contributed by atoms with van der Waals surface area (Å²) in [7, 11) is 0. The number of oxazole rings is 1. The van der Waals surface area contributed by atoms with Gasteiger partial charge in [-0.2, -0.15) is 4.98 Å². The third-order valence-electron chi connectivity index (χ3n) is 2.47. The first kappa shape index (κ1) is 8.47. The maximum Gasteiger partial charge on any atom is 0.302 e. The number of hydrogen-bond acceptors (Lipinski definition) is 3. The van der Waals surface area contributed by atoms with Crippen molar-refractivity contribution in [1.29, 1.82) is 0 Å². The van der Waals surface area contributed by atoms with Crippen molar-refractivity contribution in [2.24, 2.45) is 5.92 Å². The second-order valence-electron chi connectivity index (χ2n) is 3.75. The van der Waals surface area contributed by atoms with Gasteiger partial charge in [0.2, 0.25) is 5.91 Å². The van der Waals surface area contributed by atoms with Crippen LogP contribution in [0.25, 0.3) is 11.1 Å². The molecule has 1 heterocycles. The van der Waals surface area contributed by atoms with Crippen molar-refractivity contribution in [2.45, 2.75) is 12.8 Å². The van der Waals surface area contributed by atoms with E-state index in [-0.39, 0.29) is 11.8 Å². The lowest BCUT2D eigenvalue weighted by molar-refractivity contribution is -0.117. The van der Waals surface area contributed by atoms with Crippen LogP contribution in [0.2, 0.25) is 0 Å². The van der Waals surface area contributed by atoms with E-state index in [2.05, 4.69) is 10.3 Å². The Morgan fingerprint density at radius 1 is 1.40 bits per heavy atom. The lowest BCUT2D eigenvalue weighted by atomic mass is 10.3. The van der Waals surface area contributed by atoms with Crippen LogP contribution in [-0.4, -0.2) is 10.9 Å². The summed E-state index contributed by atoms with van der Waals surface area (Å²) in [6, 6.07) is 7.74. The Hall–Kier alpha value is -1.84. The van der Waals surface area contributed by atoms with E-state index in [1.807, 2.05) is 24.3 Å². The fourth-order valence-electron chi connectivity index (χ4n) is 1.48. The second-order valence-corrected chi connectivity index (χ2v) is 3.75. The van der Waals surface area contributed by atoms with Crippen molar-refractivity contribution in [3.63, 3.8) is 0 Å². The average molecular weight is 202 g/mol. The SMILES string of the molecule is O=C(Nc1nc2ccccc2o1)C1CC1. The highest BCUT2D eigenvalue weighted by Crippen LogP contribution is 2.30. The Labute approximate surface area is 86.3 Å². The van der Waals surface area contributed by atoms with Gasteiger partial charge in [-0.3, -0.25) is 10.1 Å². The largest absolute Gasteiger partial charge is 0.423 e. The Balaban J connectivity index is 1.87. The van der Waals surface area contributed by atoms with Crippen molar-refractivity contribution >= 4 is 23.0 Å². The summed E-state index contributed by atoms with van der Waals surface area (Å²) in [4.78, 5) is 15.6. The summed E-state index contributed by atoms with van der Waals surface area (Å²) in [6.07, 6.45) is 1.96. The molecule has 2 aromatic rings. The molecule has 0 bridgehead atoms. The van der Waals surface area contributed by atoms with Crippen LogP contribution in [0.5, 0.6) is 0 Å². The molecule has 1 fully saturated rings. The Bertz CT molecular complexity index is 481. The number of amides is 1. The van der Waals surface area contributed by atoms with E-state index < -0.39 is 0 Å². The van der Waals surface area contributed by atoms with Crippen molar-refractivity contribution in [3.8, 4) is 0 Å². The van der Waals surface area contributed by atoms with E-state index in [4.69, 9.17) is 4.42 Å². The van der Waals surface area contributed by atoms with Gasteiger partial charge in [0.15, 0.2) is 5.58 Å². The number of benzene rings is 1. The number of hydrogen-bond donors (Lipinski definition) is 1. The Morgan fingerprint density at radius 2 is 2.20 bits per heavy atom. The fraction of sp³-hybridized carbons (Fsp3) is 0.273. The number of carbonyl (C=O) groups is 1. The minimum atomic E-state index is 0.0153. The van der Waals surface area contributed by atoms with Crippen LogP contribution in [-0.2, 0) is 4.79 Å². The van der Waals surface area contributed by atoms with E-state index >= 15 is 0 Å². The summed E-state index contributed by atoms with van der Waals surface area (Å²) in [5.41, 5.74) is 1.46. The number of nitrogens with one attached hydrogen (secondary N) is 1. The van der Waals surface area contributed by atoms with Gasteiger partial charge in [-0.05, 0) is 25.0 Å². The quantitative estimate of drug-likeness (QED) is 0.811. The molecule has 1 aliphatic carbocycles. The van der Waals surface area contributed by atoms with Crippen molar-refractivity contribution in [1.82, 2.24) is 4.98 Å². The summed E-state index contributed by atoms with van der Waals surface area (Å²) in [6.45, 7) is 0. The summed E-state index contributed by atoms with van der Waals surface area (Å²) < 4.78 is 5.37. The molecule has 0 unspecified atom stereocenters. The average Bonchev–Trinajstić information content (AvgIpc) is 2.99. The van der Waals surface area contributed by atoms with Gasteiger partial charge in [0.1, 0.15) is 5.52 Å². The number of aromatic nitrogens is 1. The molecule has 4 heteroatoms. The molecule has 1 aliphatic rings. The monoisotopic (exact) mass is 202 g/mol. The molecule has 0 radical (unpaired) electrons. The molecular weight excluding hydrogens is 192 g/mol. The van der Waals surface area contributed by atoms with Gasteiger partial charge in [-0.25, -0.2) is 0 Å². The normalized spacial score (nSPS) is 15.5. The van der Waals surface area contributed by atoms with Crippen LogP contribution >= 0.6 is 0 Å². The van der Waals surface area contributed by atoms with Crippen molar-refractivity contribution in [2.75, 3.05) is 5.32 Å². The first-order chi connectivity index (χ1) is 7.33. The molecule has 0 aliphatic heterocycles. The minimum Gasteiger partial charge on any atom is -0.423 e. The Morgan fingerprint density at radius 3 is 2.93 bits per heavy atom. The van der Waals surface area contributed by atoms with E-state index in [0.717, 1.165) is 18.4 Å². The number of para-hydroxylation sites is 2. The van der Waals surface area contributed by atoms with Crippen molar-refractivity contribution in [3.05, 3.63) is 24.3 Å². The molecular formula is C11H10N2O2. The van der Waals surface area contributed by atoms with Gasteiger partial charge in [0, 0.05) is 5.92 Å². The molecule has 3 rings (SSSR count). The van der Waals surface area contributed by atoms with Gasteiger partial charge in [-0.1, -0.05) is 12.1 Å². The highest BCUT2D eigenvalue weighted by Gasteiger charge is 2.30. The minimum absolute atomic E-state index is 0.0153. The molecule has 1 aromatic heterocycles. The fourth-order valence-corrected chi connectivity index (χ4v) is 1.48. The molecule has 1 amide bonds. The highest BCUT2D eigenvalue weighted by atomic mass is 16.4. The molecule has 1 N–H and O–H groups in total. The molecule has 0 saturated heterocycles. The van der Waals surface area contributed by atoms with E-state index in [9.17, 15) is 4.79 Å². The number of nitrogens with zero attached hydrogens (tertiary/aromatic N) is 1. The van der Waals surface area contributed by atoms with E-state index in [1.54, 1.807) is 0 Å². The molecule has 1 aromatic carbocycles. The first-order valence-corrected chi connectivity index (χ1v) is 4.99. The third-order valence-corrected chi connectivity index (χ3v) is 2.47. The van der Waals surface area contributed by atoms with Crippen molar-refractivity contribution < 1.29 is 9.21 Å². The number of fused-ring (bicyclic) bond motifs is 1. The number of anilines is 1. The molecule has 76 valence electrons. The van der Waals surface area contributed by atoms with Gasteiger partial charge >= 0.3 is 6.01 Å². The van der Waals surface area contributed by atoms with E-state index in [0.29, 0.717) is 11.6 Å². The maximum absolute atomic E-state index is 11.4. The van der Waals surface area contributed by atoms with Crippen LogP contribution < -0.4 is 5.32 Å². The summed E-state index contributed by atoms with van der Waals surface area (Å²) >= 11 is 0. The molecule has 15 heavy (non-hydrogen) atoms. The maximum atomic E-state index is 11.4. The zero-order valence-electron chi connectivity index (χ0n) is 8.06. The lowest BCUT2D eigenvalue weighted by Crippen LogP contribution is -2.13. The van der Waals surface area contributed by atoms with Gasteiger partial charge < -0.3 is 4.42 Å². The second kappa shape index (κ2) is 3.08. The molecule has 0 atom stereocenters. The predicted octanol–water partition coefficient (Wildman–Crippen LogP) is 2.18. The summed E-state index contributed by atoms with van der Waals surface area (Å²) in [5, 5.41) is 2.68. The molecule has 4 nitrogen and oxygen atoms in total. The smallest absolute Gasteiger partial charge is 0.302 e. The van der Waals surface area contributed by atoms with E-state index in [1.165, 1.54) is 0 Å². The molecule has 0 spiro atoms. The number of rotatable bonds is 2. The van der Waals surface area contributed by atoms with Gasteiger partial charge in [0.25, 0.3) is 0 Å².